The predicted molar refractivity (Wildman–Crippen MR) is 62.4 cm³/mol. The molecule has 0 saturated carbocycles. The number of benzene rings is 1. The van der Waals surface area contributed by atoms with Crippen molar-refractivity contribution in [3.05, 3.63) is 40.7 Å². The van der Waals surface area contributed by atoms with E-state index < -0.39 is 5.97 Å². The molecule has 2 rings (SSSR count). The quantitative estimate of drug-likeness (QED) is 0.760. The Kier molecular flexibility index (Phi) is 4.53. The first-order valence-electron chi connectivity index (χ1n) is 4.54. The number of hydrogen-bond acceptors (Lipinski definition) is 5. The van der Waals surface area contributed by atoms with Crippen LogP contribution >= 0.6 is 11.5 Å². The first-order valence-corrected chi connectivity index (χ1v) is 5.31. The summed E-state index contributed by atoms with van der Waals surface area (Å²) in [5.74, 6) is -1.21. The molecular weight excluding hydrogens is 245 g/mol. The van der Waals surface area contributed by atoms with Crippen LogP contribution in [0, 0.1) is 12.7 Å². The summed E-state index contributed by atoms with van der Waals surface area (Å²) < 4.78 is 15.5. The van der Waals surface area contributed by atoms with E-state index >= 15 is 0 Å². The molecule has 0 bridgehead atoms. The van der Waals surface area contributed by atoms with Crippen LogP contribution in [0.1, 0.15) is 15.4 Å². The van der Waals surface area contributed by atoms with Gasteiger partial charge in [0.1, 0.15) is 5.82 Å². The van der Waals surface area contributed by atoms with Crippen LogP contribution in [0.25, 0.3) is 0 Å². The van der Waals surface area contributed by atoms with E-state index in [1.54, 1.807) is 6.92 Å². The summed E-state index contributed by atoms with van der Waals surface area (Å²) in [5, 5.41) is 11.9. The lowest BCUT2D eigenvalue weighted by molar-refractivity contribution is 0.0701. The van der Waals surface area contributed by atoms with Crippen molar-refractivity contribution in [1.82, 2.24) is 9.59 Å². The highest BCUT2D eigenvalue weighted by atomic mass is 32.1. The Morgan fingerprint density at radius 1 is 1.41 bits per heavy atom. The molecular formula is C10H10FN3O2S. The minimum atomic E-state index is -0.956. The van der Waals surface area contributed by atoms with Gasteiger partial charge < -0.3 is 10.8 Å². The molecule has 0 amide bonds. The van der Waals surface area contributed by atoms with E-state index in [-0.39, 0.29) is 10.7 Å². The maximum Gasteiger partial charge on any atom is 0.349 e. The fourth-order valence-corrected chi connectivity index (χ4v) is 1.39. The molecule has 5 nitrogen and oxygen atoms in total. The molecule has 0 radical (unpaired) electrons. The summed E-state index contributed by atoms with van der Waals surface area (Å²) in [6.07, 6.45) is 0. The summed E-state index contributed by atoms with van der Waals surface area (Å²) in [4.78, 5) is 10.4. The number of nitrogen functional groups attached to an aromatic ring is 1. The molecule has 0 unspecified atom stereocenters. The van der Waals surface area contributed by atoms with E-state index in [0.717, 1.165) is 11.5 Å². The standard InChI is InChI=1S/C6H6FN.C4H4N2O2S/c7-5-1-3-6(8)4-2-5;1-2-3(4(7)8)9-6-5-2/h1-4H,8H2;1H3,(H,7,8). The zero-order valence-electron chi connectivity index (χ0n) is 8.92. The number of aromatic nitrogens is 2. The number of halogens is 1. The number of carboxylic acids is 1. The molecule has 0 aliphatic carbocycles. The third kappa shape index (κ3) is 4.15. The van der Waals surface area contributed by atoms with Crippen molar-refractivity contribution in [1.29, 1.82) is 0 Å². The van der Waals surface area contributed by atoms with Gasteiger partial charge in [0.05, 0.1) is 5.69 Å². The van der Waals surface area contributed by atoms with Gasteiger partial charge in [-0.1, -0.05) is 4.49 Å². The largest absolute Gasteiger partial charge is 0.477 e. The molecule has 1 heterocycles. The van der Waals surface area contributed by atoms with Gasteiger partial charge in [0.2, 0.25) is 0 Å². The molecule has 1 aromatic heterocycles. The maximum atomic E-state index is 12.0. The summed E-state index contributed by atoms with van der Waals surface area (Å²) in [6.45, 7) is 1.62. The van der Waals surface area contributed by atoms with Crippen molar-refractivity contribution in [3.8, 4) is 0 Å². The van der Waals surface area contributed by atoms with Gasteiger partial charge in [-0.05, 0) is 42.7 Å². The highest BCUT2D eigenvalue weighted by molar-refractivity contribution is 7.07. The minimum absolute atomic E-state index is 0.218. The van der Waals surface area contributed by atoms with Crippen molar-refractivity contribution >= 4 is 23.2 Å². The smallest absolute Gasteiger partial charge is 0.349 e. The average molecular weight is 255 g/mol. The fraction of sp³-hybridized carbons (Fsp3) is 0.100. The zero-order chi connectivity index (χ0) is 12.8. The number of nitrogens with zero attached hydrogens (tertiary/aromatic N) is 2. The predicted octanol–water partition coefficient (Wildman–Crippen LogP) is 1.95. The van der Waals surface area contributed by atoms with Crippen molar-refractivity contribution in [2.24, 2.45) is 0 Å². The van der Waals surface area contributed by atoms with E-state index in [2.05, 4.69) is 9.59 Å². The minimum Gasteiger partial charge on any atom is -0.477 e. The highest BCUT2D eigenvalue weighted by Crippen LogP contribution is 2.07. The number of hydrogen-bond donors (Lipinski definition) is 2. The van der Waals surface area contributed by atoms with Gasteiger partial charge in [0.25, 0.3) is 0 Å². The van der Waals surface area contributed by atoms with Gasteiger partial charge in [-0.25, -0.2) is 9.18 Å². The fourth-order valence-electron chi connectivity index (χ4n) is 0.891. The van der Waals surface area contributed by atoms with Gasteiger partial charge in [-0.15, -0.1) is 5.10 Å². The Balaban J connectivity index is 0.000000171. The monoisotopic (exact) mass is 255 g/mol. The van der Waals surface area contributed by atoms with Crippen LogP contribution in [0.15, 0.2) is 24.3 Å². The van der Waals surface area contributed by atoms with Crippen molar-refractivity contribution < 1.29 is 14.3 Å². The average Bonchev–Trinajstić information content (AvgIpc) is 2.70. The number of carboxylic acid groups (broad SMARTS) is 1. The van der Waals surface area contributed by atoms with Crippen LogP contribution in [0.3, 0.4) is 0 Å². The second kappa shape index (κ2) is 5.90. The first kappa shape index (κ1) is 13.0. The van der Waals surface area contributed by atoms with Gasteiger partial charge in [0.15, 0.2) is 4.88 Å². The number of carbonyl (C=O) groups is 1. The van der Waals surface area contributed by atoms with Gasteiger partial charge >= 0.3 is 5.97 Å². The lowest BCUT2D eigenvalue weighted by Crippen LogP contribution is -1.94. The van der Waals surface area contributed by atoms with Crippen LogP contribution in [0.2, 0.25) is 0 Å². The second-order valence-electron chi connectivity index (χ2n) is 3.04. The summed E-state index contributed by atoms with van der Waals surface area (Å²) in [7, 11) is 0. The Morgan fingerprint density at radius 3 is 2.29 bits per heavy atom. The number of aryl methyl sites for hydroxylation is 1. The third-order valence-electron chi connectivity index (χ3n) is 1.72. The van der Waals surface area contributed by atoms with Crippen molar-refractivity contribution in [3.63, 3.8) is 0 Å². The molecule has 17 heavy (non-hydrogen) atoms. The van der Waals surface area contributed by atoms with E-state index in [9.17, 15) is 9.18 Å². The maximum absolute atomic E-state index is 12.0. The lowest BCUT2D eigenvalue weighted by Gasteiger charge is -1.87. The molecule has 0 saturated heterocycles. The number of anilines is 1. The van der Waals surface area contributed by atoms with Gasteiger partial charge in [0, 0.05) is 5.69 Å². The highest BCUT2D eigenvalue weighted by Gasteiger charge is 2.09. The summed E-state index contributed by atoms with van der Waals surface area (Å²) in [5.41, 5.74) is 6.33. The molecule has 0 fully saturated rings. The molecule has 0 aliphatic heterocycles. The number of aromatic carboxylic acids is 1. The molecule has 90 valence electrons. The van der Waals surface area contributed by atoms with Gasteiger partial charge in [-0.2, -0.15) is 0 Å². The third-order valence-corrected chi connectivity index (χ3v) is 2.53. The number of rotatable bonds is 1. The van der Waals surface area contributed by atoms with Crippen LogP contribution in [-0.4, -0.2) is 20.7 Å². The zero-order valence-corrected chi connectivity index (χ0v) is 9.74. The van der Waals surface area contributed by atoms with Crippen LogP contribution in [0.4, 0.5) is 10.1 Å². The van der Waals surface area contributed by atoms with Crippen molar-refractivity contribution in [2.75, 3.05) is 5.73 Å². The van der Waals surface area contributed by atoms with E-state index in [0.29, 0.717) is 11.4 Å². The van der Waals surface area contributed by atoms with E-state index in [1.807, 2.05) is 0 Å². The normalized spacial score (nSPS) is 9.29. The van der Waals surface area contributed by atoms with E-state index in [1.165, 1.54) is 24.3 Å². The Morgan fingerprint density at radius 2 is 2.00 bits per heavy atom. The molecule has 0 spiro atoms. The molecule has 1 aromatic carbocycles. The van der Waals surface area contributed by atoms with Crippen LogP contribution in [-0.2, 0) is 0 Å². The van der Waals surface area contributed by atoms with Crippen molar-refractivity contribution in [2.45, 2.75) is 6.92 Å². The second-order valence-corrected chi connectivity index (χ2v) is 3.80. The first-order chi connectivity index (χ1) is 8.00. The van der Waals surface area contributed by atoms with Gasteiger partial charge in [-0.3, -0.25) is 0 Å². The SMILES string of the molecule is Cc1nnsc1C(=O)O.Nc1ccc(F)cc1. The Bertz CT molecular complexity index is 478. The summed E-state index contributed by atoms with van der Waals surface area (Å²) >= 11 is 0.897. The molecule has 2 aromatic rings. The van der Waals surface area contributed by atoms with Crippen LogP contribution in [0.5, 0.6) is 0 Å². The Labute approximate surface area is 101 Å². The lowest BCUT2D eigenvalue weighted by atomic mass is 10.3. The summed E-state index contributed by atoms with van der Waals surface area (Å²) in [6, 6.07) is 5.70. The Hall–Kier alpha value is -2.02. The number of nitrogens with two attached hydrogens (primary N) is 1. The van der Waals surface area contributed by atoms with E-state index in [4.69, 9.17) is 10.8 Å². The molecule has 7 heteroatoms. The molecule has 0 aliphatic rings. The topological polar surface area (TPSA) is 89.1 Å². The molecule has 0 atom stereocenters. The molecule has 3 N–H and O–H groups in total. The van der Waals surface area contributed by atoms with Crippen LogP contribution < -0.4 is 5.73 Å².